The first-order valence-electron chi connectivity index (χ1n) is 14.6. The molecule has 0 spiro atoms. The summed E-state index contributed by atoms with van der Waals surface area (Å²) in [4.78, 5) is 0.962. The van der Waals surface area contributed by atoms with Gasteiger partial charge in [-0.3, -0.25) is 0 Å². The summed E-state index contributed by atoms with van der Waals surface area (Å²) >= 11 is 4.58. The Hall–Kier alpha value is -5.11. The first kappa shape index (κ1) is 26.8. The Morgan fingerprint density at radius 3 is 0.837 bits per heavy atom. The van der Waals surface area contributed by atoms with Crippen molar-refractivity contribution in [1.29, 1.82) is 0 Å². The van der Waals surface area contributed by atoms with Gasteiger partial charge < -0.3 is 0 Å². The van der Waals surface area contributed by atoms with E-state index >= 15 is 0 Å². The number of thiol groups is 1. The average Bonchev–Trinajstić information content (AvgIpc) is 3.09. The summed E-state index contributed by atoms with van der Waals surface area (Å²) in [5.41, 5.74) is 14.4. The molecule has 7 aromatic carbocycles. The quantitative estimate of drug-likeness (QED) is 0.190. The SMILES string of the molecule is Sc1cccc(-c2cccc(-c3cc(-c4cccc(-c5ccccc5)c4)cc(-c4cccc(-c5ccccc5)c4)c3)c2)c1. The second kappa shape index (κ2) is 12.0. The monoisotopic (exact) mass is 566 g/mol. The van der Waals surface area contributed by atoms with E-state index in [4.69, 9.17) is 0 Å². The average molecular weight is 567 g/mol. The third-order valence-corrected chi connectivity index (χ3v) is 8.19. The highest BCUT2D eigenvalue weighted by Gasteiger charge is 2.11. The number of hydrogen-bond acceptors (Lipinski definition) is 1. The Morgan fingerprint density at radius 1 is 0.209 bits per heavy atom. The molecule has 0 saturated carbocycles. The summed E-state index contributed by atoms with van der Waals surface area (Å²) in [5, 5.41) is 0. The maximum absolute atomic E-state index is 4.58. The molecule has 0 heterocycles. The van der Waals surface area contributed by atoms with E-state index in [0.29, 0.717) is 0 Å². The van der Waals surface area contributed by atoms with Gasteiger partial charge in [0.1, 0.15) is 0 Å². The lowest BCUT2D eigenvalue weighted by Crippen LogP contribution is -1.88. The minimum Gasteiger partial charge on any atom is -0.143 e. The molecule has 0 unspecified atom stereocenters. The van der Waals surface area contributed by atoms with Gasteiger partial charge in [0.2, 0.25) is 0 Å². The molecule has 0 fully saturated rings. The van der Waals surface area contributed by atoms with Crippen molar-refractivity contribution < 1.29 is 0 Å². The molecule has 7 aromatic rings. The standard InChI is InChI=1S/C42H30S/c43-42-22-10-21-38(29-42)34-17-9-20-37(25-34)41-27-39(35-18-7-15-32(23-35)30-11-3-1-4-12-30)26-40(28-41)36-19-8-16-33(24-36)31-13-5-2-6-14-31/h1-29,43H. The van der Waals surface area contributed by atoms with Gasteiger partial charge in [-0.1, -0.05) is 127 Å². The molecule has 0 nitrogen and oxygen atoms in total. The Balaban J connectivity index is 1.38. The van der Waals surface area contributed by atoms with Gasteiger partial charge in [0.05, 0.1) is 0 Å². The first-order valence-corrected chi connectivity index (χ1v) is 15.0. The summed E-state index contributed by atoms with van der Waals surface area (Å²) in [6.07, 6.45) is 0. The van der Waals surface area contributed by atoms with E-state index in [0.717, 1.165) is 10.5 Å². The predicted molar refractivity (Wildman–Crippen MR) is 186 cm³/mol. The Labute approximate surface area is 259 Å². The molecule has 7 rings (SSSR count). The van der Waals surface area contributed by atoms with E-state index in [2.05, 4.69) is 182 Å². The van der Waals surface area contributed by atoms with E-state index in [-0.39, 0.29) is 0 Å². The molecule has 0 N–H and O–H groups in total. The number of hydrogen-bond donors (Lipinski definition) is 1. The van der Waals surface area contributed by atoms with Crippen molar-refractivity contribution in [3.8, 4) is 66.8 Å². The molecule has 0 radical (unpaired) electrons. The smallest absolute Gasteiger partial charge is 0.00461 e. The molecule has 0 bridgehead atoms. The van der Waals surface area contributed by atoms with Gasteiger partial charge in [-0.2, -0.15) is 0 Å². The zero-order chi connectivity index (χ0) is 29.0. The van der Waals surface area contributed by atoms with Gasteiger partial charge >= 0.3 is 0 Å². The lowest BCUT2D eigenvalue weighted by atomic mass is 9.90. The summed E-state index contributed by atoms with van der Waals surface area (Å²) in [6, 6.07) is 63.0. The molecule has 0 aliphatic heterocycles. The van der Waals surface area contributed by atoms with Gasteiger partial charge in [-0.05, 0) is 115 Å². The molecule has 204 valence electrons. The van der Waals surface area contributed by atoms with Crippen LogP contribution in [0, 0.1) is 0 Å². The van der Waals surface area contributed by atoms with Crippen LogP contribution < -0.4 is 0 Å². The summed E-state index contributed by atoms with van der Waals surface area (Å²) < 4.78 is 0. The highest BCUT2D eigenvalue weighted by Crippen LogP contribution is 2.37. The van der Waals surface area contributed by atoms with Crippen LogP contribution in [0.1, 0.15) is 0 Å². The fourth-order valence-corrected chi connectivity index (χ4v) is 5.93. The van der Waals surface area contributed by atoms with Crippen LogP contribution in [0.25, 0.3) is 66.8 Å². The van der Waals surface area contributed by atoms with Crippen LogP contribution >= 0.6 is 12.6 Å². The number of benzene rings is 7. The third-order valence-electron chi connectivity index (χ3n) is 7.91. The lowest BCUT2D eigenvalue weighted by Gasteiger charge is -2.14. The van der Waals surface area contributed by atoms with Gasteiger partial charge in [0.15, 0.2) is 0 Å². The molecular formula is C42H30S. The molecular weight excluding hydrogens is 537 g/mol. The van der Waals surface area contributed by atoms with E-state index in [1.165, 1.54) is 61.2 Å². The fraction of sp³-hybridized carbons (Fsp3) is 0. The second-order valence-corrected chi connectivity index (χ2v) is 11.3. The van der Waals surface area contributed by atoms with Crippen LogP contribution in [0.3, 0.4) is 0 Å². The molecule has 0 saturated heterocycles. The minimum atomic E-state index is 0.962. The minimum absolute atomic E-state index is 0.962. The Bertz CT molecular complexity index is 1920. The summed E-state index contributed by atoms with van der Waals surface area (Å²) in [6.45, 7) is 0. The van der Waals surface area contributed by atoms with Crippen LogP contribution in [-0.4, -0.2) is 0 Å². The van der Waals surface area contributed by atoms with Crippen molar-refractivity contribution in [2.24, 2.45) is 0 Å². The molecule has 0 aromatic heterocycles. The van der Waals surface area contributed by atoms with Crippen LogP contribution in [0.4, 0.5) is 0 Å². The topological polar surface area (TPSA) is 0 Å². The van der Waals surface area contributed by atoms with Crippen LogP contribution in [0.15, 0.2) is 181 Å². The van der Waals surface area contributed by atoms with Crippen LogP contribution in [0.2, 0.25) is 0 Å². The zero-order valence-corrected chi connectivity index (χ0v) is 24.6. The van der Waals surface area contributed by atoms with Gasteiger partial charge in [0.25, 0.3) is 0 Å². The predicted octanol–water partition coefficient (Wildman–Crippen LogP) is 12.0. The molecule has 0 aliphatic carbocycles. The van der Waals surface area contributed by atoms with Crippen molar-refractivity contribution in [3.63, 3.8) is 0 Å². The zero-order valence-electron chi connectivity index (χ0n) is 23.7. The van der Waals surface area contributed by atoms with Crippen LogP contribution in [-0.2, 0) is 0 Å². The highest BCUT2D eigenvalue weighted by atomic mass is 32.1. The molecule has 43 heavy (non-hydrogen) atoms. The van der Waals surface area contributed by atoms with Crippen molar-refractivity contribution in [2.75, 3.05) is 0 Å². The highest BCUT2D eigenvalue weighted by molar-refractivity contribution is 7.80. The van der Waals surface area contributed by atoms with E-state index in [1.807, 2.05) is 6.07 Å². The first-order chi connectivity index (χ1) is 21.2. The maximum Gasteiger partial charge on any atom is 0.00461 e. The molecule has 0 aliphatic rings. The second-order valence-electron chi connectivity index (χ2n) is 10.8. The Kier molecular flexibility index (Phi) is 7.48. The number of rotatable bonds is 6. The Morgan fingerprint density at radius 2 is 0.465 bits per heavy atom. The van der Waals surface area contributed by atoms with Crippen molar-refractivity contribution in [1.82, 2.24) is 0 Å². The normalized spacial score (nSPS) is 10.9. The van der Waals surface area contributed by atoms with E-state index in [9.17, 15) is 0 Å². The van der Waals surface area contributed by atoms with Crippen molar-refractivity contribution in [2.45, 2.75) is 4.90 Å². The van der Waals surface area contributed by atoms with Gasteiger partial charge in [-0.15, -0.1) is 12.6 Å². The van der Waals surface area contributed by atoms with Gasteiger partial charge in [0, 0.05) is 4.90 Å². The van der Waals surface area contributed by atoms with E-state index in [1.54, 1.807) is 0 Å². The largest absolute Gasteiger partial charge is 0.143 e. The van der Waals surface area contributed by atoms with Crippen molar-refractivity contribution in [3.05, 3.63) is 176 Å². The maximum atomic E-state index is 4.58. The fourth-order valence-electron chi connectivity index (χ4n) is 5.71. The lowest BCUT2D eigenvalue weighted by molar-refractivity contribution is 1.47. The van der Waals surface area contributed by atoms with Gasteiger partial charge in [-0.25, -0.2) is 0 Å². The van der Waals surface area contributed by atoms with Crippen LogP contribution in [0.5, 0.6) is 0 Å². The molecule has 0 atom stereocenters. The third kappa shape index (κ3) is 5.95. The van der Waals surface area contributed by atoms with Crippen molar-refractivity contribution >= 4 is 12.6 Å². The summed E-state index contributed by atoms with van der Waals surface area (Å²) in [7, 11) is 0. The molecule has 0 amide bonds. The molecule has 1 heteroatoms. The van der Waals surface area contributed by atoms with E-state index < -0.39 is 0 Å². The summed E-state index contributed by atoms with van der Waals surface area (Å²) in [5.74, 6) is 0.